The molecule has 0 unspecified atom stereocenters. The third-order valence-electron chi connectivity index (χ3n) is 5.65. The molecule has 0 amide bonds. The summed E-state index contributed by atoms with van der Waals surface area (Å²) in [4.78, 5) is 23.3. The number of alkyl halides is 3. The predicted molar refractivity (Wildman–Crippen MR) is 110 cm³/mol. The van der Waals surface area contributed by atoms with E-state index in [9.17, 15) is 18.0 Å². The van der Waals surface area contributed by atoms with Crippen LogP contribution in [-0.2, 0) is 18.2 Å². The summed E-state index contributed by atoms with van der Waals surface area (Å²) >= 11 is 0. The summed E-state index contributed by atoms with van der Waals surface area (Å²) in [6.07, 6.45) is 2.36. The second kappa shape index (κ2) is 8.74. The highest BCUT2D eigenvalue weighted by Crippen LogP contribution is 2.25. The van der Waals surface area contributed by atoms with Crippen LogP contribution in [0, 0.1) is 5.92 Å². The zero-order chi connectivity index (χ0) is 24.5. The number of carbonyl (C=O) groups excluding carboxylic acids is 1. The summed E-state index contributed by atoms with van der Waals surface area (Å²) in [5.74, 6) is -0.145. The number of piperidine rings is 1. The van der Waals surface area contributed by atoms with Gasteiger partial charge < -0.3 is 4.90 Å². The third kappa shape index (κ3) is 5.46. The Labute approximate surface area is 182 Å². The molecular weight excluding hydrogens is 407 g/mol. The van der Waals surface area contributed by atoms with Gasteiger partial charge >= 0.3 is 6.18 Å². The van der Waals surface area contributed by atoms with Crippen LogP contribution >= 0.6 is 0 Å². The number of Topliss-reactive ketones (excluding diaryl/α,β-unsaturated/α-hetero) is 1. The summed E-state index contributed by atoms with van der Waals surface area (Å²) in [6, 6.07) is 3.61. The first-order valence-electron chi connectivity index (χ1n) is 11.6. The summed E-state index contributed by atoms with van der Waals surface area (Å²) < 4.78 is 60.5. The van der Waals surface area contributed by atoms with E-state index >= 15 is 0 Å². The average Bonchev–Trinajstić information content (AvgIpc) is 3.28. The molecule has 0 aliphatic carbocycles. The number of aryl methyl sites for hydroxylation is 1. The summed E-state index contributed by atoms with van der Waals surface area (Å²) in [6.45, 7) is -1.44. The van der Waals surface area contributed by atoms with Crippen molar-refractivity contribution in [3.63, 3.8) is 0 Å². The van der Waals surface area contributed by atoms with Gasteiger partial charge in [0.15, 0.2) is 0 Å². The molecule has 3 aromatic heterocycles. The minimum absolute atomic E-state index is 0.0295. The molecule has 0 bridgehead atoms. The number of fused-ring (bicyclic) bond motifs is 1. The van der Waals surface area contributed by atoms with Gasteiger partial charge in [-0.2, -0.15) is 18.3 Å². The van der Waals surface area contributed by atoms with Crippen LogP contribution in [0.3, 0.4) is 0 Å². The van der Waals surface area contributed by atoms with Gasteiger partial charge in [0.25, 0.3) is 0 Å². The van der Waals surface area contributed by atoms with Gasteiger partial charge in [-0.15, -0.1) is 0 Å². The number of nitrogens with zero attached hydrogens (tertiary/aromatic N) is 5. The first kappa shape index (κ1) is 17.8. The quantitative estimate of drug-likeness (QED) is 0.591. The number of halogens is 3. The van der Waals surface area contributed by atoms with E-state index in [2.05, 4.69) is 15.1 Å². The summed E-state index contributed by atoms with van der Waals surface area (Å²) in [7, 11) is 0. The molecule has 4 rings (SSSR count). The number of rotatable bonds is 6. The fraction of sp³-hybridized carbons (Fsp3) is 0.455. The van der Waals surface area contributed by atoms with Crippen molar-refractivity contribution in [2.45, 2.75) is 31.9 Å². The topological polar surface area (TPSA) is 63.9 Å². The molecule has 1 aliphatic heterocycles. The van der Waals surface area contributed by atoms with Crippen LogP contribution in [0.2, 0.25) is 0 Å². The molecule has 0 saturated carbocycles. The Morgan fingerprint density at radius 3 is 2.65 bits per heavy atom. The van der Waals surface area contributed by atoms with E-state index in [-0.39, 0.29) is 24.7 Å². The lowest BCUT2D eigenvalue weighted by Gasteiger charge is -2.31. The fourth-order valence-electron chi connectivity index (χ4n) is 3.88. The normalized spacial score (nSPS) is 18.0. The van der Waals surface area contributed by atoms with Crippen molar-refractivity contribution in [3.05, 3.63) is 42.6 Å². The van der Waals surface area contributed by atoms with Crippen LogP contribution < -0.4 is 0 Å². The van der Waals surface area contributed by atoms with Crippen molar-refractivity contribution in [1.82, 2.24) is 24.6 Å². The molecule has 1 saturated heterocycles. The zero-order valence-electron chi connectivity index (χ0n) is 19.8. The second-order valence-corrected chi connectivity index (χ2v) is 7.89. The Morgan fingerprint density at radius 2 is 1.94 bits per heavy atom. The van der Waals surface area contributed by atoms with Gasteiger partial charge in [0.2, 0.25) is 0 Å². The lowest BCUT2D eigenvalue weighted by Crippen LogP contribution is -2.38. The van der Waals surface area contributed by atoms with Gasteiger partial charge in [-0.1, -0.05) is 0 Å². The molecule has 0 atom stereocenters. The molecule has 1 fully saturated rings. The molecule has 3 aromatic rings. The standard InChI is InChI=1S/C22H24F3N5O/c1-29-14-18(13-28-29)20-9-16-8-19(26-11-17(16)12-27-20)10-21(31)15-2-5-30(6-3-15)7-4-22(23,24)25/h8-9,11-15H,2-7,10H2,1H3/i1D3. The van der Waals surface area contributed by atoms with Crippen LogP contribution in [-0.4, -0.2) is 56.2 Å². The summed E-state index contributed by atoms with van der Waals surface area (Å²) in [5.41, 5.74) is 1.72. The van der Waals surface area contributed by atoms with E-state index in [1.807, 2.05) is 6.07 Å². The molecule has 164 valence electrons. The Balaban J connectivity index is 1.41. The molecule has 4 heterocycles. The van der Waals surface area contributed by atoms with Crippen molar-refractivity contribution in [1.29, 1.82) is 0 Å². The van der Waals surface area contributed by atoms with E-state index in [0.29, 0.717) is 42.9 Å². The van der Waals surface area contributed by atoms with Crippen LogP contribution in [0.15, 0.2) is 36.9 Å². The average molecular weight is 434 g/mol. The van der Waals surface area contributed by atoms with E-state index in [1.54, 1.807) is 23.4 Å². The highest BCUT2D eigenvalue weighted by Gasteiger charge is 2.30. The lowest BCUT2D eigenvalue weighted by molar-refractivity contribution is -0.139. The van der Waals surface area contributed by atoms with Crippen molar-refractivity contribution in [2.24, 2.45) is 12.9 Å². The molecule has 0 N–H and O–H groups in total. The Hall–Kier alpha value is -2.81. The summed E-state index contributed by atoms with van der Waals surface area (Å²) in [5, 5.41) is 5.47. The molecule has 6 nitrogen and oxygen atoms in total. The van der Waals surface area contributed by atoms with E-state index in [1.165, 1.54) is 12.4 Å². The smallest absolute Gasteiger partial charge is 0.303 e. The third-order valence-corrected chi connectivity index (χ3v) is 5.65. The second-order valence-electron chi connectivity index (χ2n) is 7.89. The van der Waals surface area contributed by atoms with Gasteiger partial charge in [0.05, 0.1) is 18.3 Å². The SMILES string of the molecule is [2H]C([2H])([2H])n1cc(-c2cc3cc(CC(=O)C4CCN(CCC(F)(F)F)CC4)ncc3cn2)cn1. The largest absolute Gasteiger partial charge is 0.390 e. The number of carbonyl (C=O) groups is 1. The zero-order valence-corrected chi connectivity index (χ0v) is 16.8. The monoisotopic (exact) mass is 434 g/mol. The van der Waals surface area contributed by atoms with Gasteiger partial charge in [-0.05, 0) is 43.5 Å². The minimum atomic E-state index is -4.17. The number of pyridine rings is 2. The van der Waals surface area contributed by atoms with Gasteiger partial charge in [0.1, 0.15) is 5.78 Å². The van der Waals surface area contributed by atoms with Crippen LogP contribution in [0.5, 0.6) is 0 Å². The van der Waals surface area contributed by atoms with E-state index in [0.717, 1.165) is 15.5 Å². The van der Waals surface area contributed by atoms with Crippen LogP contribution in [0.4, 0.5) is 13.2 Å². The van der Waals surface area contributed by atoms with Gasteiger partial charge in [-0.25, -0.2) is 0 Å². The maximum absolute atomic E-state index is 12.8. The molecule has 0 spiro atoms. The Morgan fingerprint density at radius 1 is 1.16 bits per heavy atom. The van der Waals surface area contributed by atoms with Crippen molar-refractivity contribution in [2.75, 3.05) is 19.6 Å². The number of hydrogen-bond acceptors (Lipinski definition) is 5. The maximum atomic E-state index is 12.8. The highest BCUT2D eigenvalue weighted by molar-refractivity contribution is 5.87. The minimum Gasteiger partial charge on any atom is -0.303 e. The van der Waals surface area contributed by atoms with Crippen LogP contribution in [0.1, 0.15) is 29.1 Å². The van der Waals surface area contributed by atoms with Gasteiger partial charge in [-0.3, -0.25) is 19.4 Å². The molecular formula is C22H24F3N5O. The lowest BCUT2D eigenvalue weighted by atomic mass is 9.90. The van der Waals surface area contributed by atoms with Crippen molar-refractivity contribution >= 4 is 16.6 Å². The highest BCUT2D eigenvalue weighted by atomic mass is 19.4. The Kier molecular flexibility index (Phi) is 5.03. The molecule has 0 aromatic carbocycles. The molecule has 9 heteroatoms. The number of aromatic nitrogens is 4. The molecule has 0 radical (unpaired) electrons. The Bertz CT molecular complexity index is 1170. The van der Waals surface area contributed by atoms with Crippen LogP contribution in [0.25, 0.3) is 22.0 Å². The number of ketones is 1. The number of hydrogen-bond donors (Lipinski definition) is 0. The maximum Gasteiger partial charge on any atom is 0.390 e. The molecule has 31 heavy (non-hydrogen) atoms. The van der Waals surface area contributed by atoms with Gasteiger partial charge in [0, 0.05) is 65.2 Å². The fourth-order valence-corrected chi connectivity index (χ4v) is 3.88. The van der Waals surface area contributed by atoms with E-state index < -0.39 is 19.6 Å². The van der Waals surface area contributed by atoms with Crippen molar-refractivity contribution < 1.29 is 22.1 Å². The first-order chi connectivity index (χ1) is 16.0. The van der Waals surface area contributed by atoms with Crippen molar-refractivity contribution in [3.8, 4) is 11.3 Å². The molecule has 1 aliphatic rings. The predicted octanol–water partition coefficient (Wildman–Crippen LogP) is 3.81. The number of likely N-dealkylation sites (tertiary alicyclic amines) is 1. The van der Waals surface area contributed by atoms with E-state index in [4.69, 9.17) is 4.11 Å². The first-order valence-corrected chi connectivity index (χ1v) is 10.1.